The van der Waals surface area contributed by atoms with Crippen LogP contribution in [0.1, 0.15) is 50.3 Å². The molecule has 1 atom stereocenters. The van der Waals surface area contributed by atoms with Gasteiger partial charge in [0.2, 0.25) is 5.95 Å². The molecule has 160 valence electrons. The van der Waals surface area contributed by atoms with Crippen LogP contribution in [-0.4, -0.2) is 40.8 Å². The van der Waals surface area contributed by atoms with Crippen LogP contribution in [0.4, 0.5) is 17.5 Å². The number of nitrogens with zero attached hydrogens (tertiary/aromatic N) is 4. The quantitative estimate of drug-likeness (QED) is 0.696. The van der Waals surface area contributed by atoms with Gasteiger partial charge in [-0.1, -0.05) is 12.1 Å². The molecule has 2 fully saturated rings. The Hall–Kier alpha value is -2.41. The Balaban J connectivity index is 1.33. The van der Waals surface area contributed by atoms with Crippen molar-refractivity contribution in [3.63, 3.8) is 0 Å². The second-order valence-electron chi connectivity index (χ2n) is 8.40. The summed E-state index contributed by atoms with van der Waals surface area (Å²) in [6.45, 7) is 8.33. The van der Waals surface area contributed by atoms with Crippen molar-refractivity contribution < 1.29 is 0 Å². The van der Waals surface area contributed by atoms with Crippen molar-refractivity contribution in [2.24, 2.45) is 0 Å². The lowest BCUT2D eigenvalue weighted by molar-refractivity contribution is 0.481. The van der Waals surface area contributed by atoms with Gasteiger partial charge in [-0.25, -0.2) is 4.98 Å². The highest BCUT2D eigenvalue weighted by atomic mass is 32.1. The maximum Gasteiger partial charge on any atom is 0.231 e. The van der Waals surface area contributed by atoms with Gasteiger partial charge in [-0.05, 0) is 75.9 Å². The van der Waals surface area contributed by atoms with Crippen molar-refractivity contribution in [3.8, 4) is 0 Å². The fourth-order valence-corrected chi connectivity index (χ4v) is 4.48. The molecule has 0 saturated carbocycles. The normalized spacial score (nSPS) is 19.1. The van der Waals surface area contributed by atoms with E-state index >= 15 is 0 Å². The summed E-state index contributed by atoms with van der Waals surface area (Å²) >= 11 is 5.49. The molecule has 0 bridgehead atoms. The molecule has 4 rings (SSSR count). The predicted octanol–water partition coefficient (Wildman–Crippen LogP) is 4.25. The molecule has 0 amide bonds. The van der Waals surface area contributed by atoms with Crippen molar-refractivity contribution in [1.29, 1.82) is 0 Å². The number of rotatable bonds is 5. The molecule has 1 unspecified atom stereocenters. The third-order valence-corrected chi connectivity index (χ3v) is 6.27. The van der Waals surface area contributed by atoms with Crippen LogP contribution in [0.5, 0.6) is 0 Å². The summed E-state index contributed by atoms with van der Waals surface area (Å²) in [6.07, 6.45) is 6.31. The molecule has 2 aliphatic heterocycles. The van der Waals surface area contributed by atoms with E-state index in [1.54, 1.807) is 0 Å². The second kappa shape index (κ2) is 9.60. The topological polar surface area (TPSA) is 56.3 Å². The molecule has 1 aromatic heterocycles. The summed E-state index contributed by atoms with van der Waals surface area (Å²) in [4.78, 5) is 14.1. The molecular formula is C23H32N6S. The lowest BCUT2D eigenvalue weighted by atomic mass is 10.0. The lowest BCUT2D eigenvalue weighted by Gasteiger charge is -2.34. The van der Waals surface area contributed by atoms with Crippen molar-refractivity contribution in [1.82, 2.24) is 15.3 Å². The Morgan fingerprint density at radius 2 is 1.80 bits per heavy atom. The molecule has 0 aliphatic carbocycles. The molecule has 2 aliphatic rings. The Labute approximate surface area is 185 Å². The monoisotopic (exact) mass is 424 g/mol. The van der Waals surface area contributed by atoms with Crippen LogP contribution < -0.4 is 20.4 Å². The molecule has 0 spiro atoms. The van der Waals surface area contributed by atoms with Crippen LogP contribution in [-0.2, 0) is 6.54 Å². The maximum absolute atomic E-state index is 5.49. The number of hydrogen-bond donors (Lipinski definition) is 2. The Morgan fingerprint density at radius 1 is 1.07 bits per heavy atom. The van der Waals surface area contributed by atoms with Gasteiger partial charge in [0.1, 0.15) is 5.82 Å². The van der Waals surface area contributed by atoms with E-state index in [1.807, 2.05) is 6.92 Å². The van der Waals surface area contributed by atoms with Crippen LogP contribution in [0.25, 0.3) is 0 Å². The lowest BCUT2D eigenvalue weighted by Crippen LogP contribution is -2.38. The fourth-order valence-electron chi connectivity index (χ4n) is 4.32. The largest absolute Gasteiger partial charge is 0.372 e. The molecule has 2 aromatic rings. The number of piperidine rings is 1. The van der Waals surface area contributed by atoms with E-state index in [0.29, 0.717) is 23.6 Å². The van der Waals surface area contributed by atoms with Crippen molar-refractivity contribution in [2.45, 2.75) is 58.5 Å². The molecule has 7 heteroatoms. The molecule has 1 aromatic carbocycles. The standard InChI is InChI=1S/C23H32N6S/c1-17-15-21(29-14-4-3-7-18(29)2)26-22(25-17)27-23(30)24-16-19-8-10-20(11-9-19)28-12-5-6-13-28/h8-11,15,18H,3-7,12-14,16H2,1-2H3,(H2,24,25,26,27,30). The minimum absolute atomic E-state index is 0.509. The molecular weight excluding hydrogens is 392 g/mol. The van der Waals surface area contributed by atoms with Crippen LogP contribution in [0.3, 0.4) is 0 Å². The number of nitrogens with one attached hydrogen (secondary N) is 2. The molecule has 30 heavy (non-hydrogen) atoms. The SMILES string of the molecule is Cc1cc(N2CCCCC2C)nc(NC(=S)NCc2ccc(N3CCCC3)cc2)n1. The van der Waals surface area contributed by atoms with Crippen LogP contribution >= 0.6 is 12.2 Å². The molecule has 2 saturated heterocycles. The summed E-state index contributed by atoms with van der Waals surface area (Å²) in [6, 6.07) is 11.3. The van der Waals surface area contributed by atoms with Gasteiger partial charge in [0, 0.05) is 49.7 Å². The van der Waals surface area contributed by atoms with Gasteiger partial charge in [0.05, 0.1) is 0 Å². The minimum Gasteiger partial charge on any atom is -0.372 e. The van der Waals surface area contributed by atoms with Crippen molar-refractivity contribution in [2.75, 3.05) is 34.8 Å². The third kappa shape index (κ3) is 5.19. The first-order valence-corrected chi connectivity index (χ1v) is 11.5. The highest BCUT2D eigenvalue weighted by Gasteiger charge is 2.20. The van der Waals surface area contributed by atoms with Gasteiger partial charge in [0.15, 0.2) is 5.11 Å². The van der Waals surface area contributed by atoms with Gasteiger partial charge in [0.25, 0.3) is 0 Å². The number of aromatic nitrogens is 2. The smallest absolute Gasteiger partial charge is 0.231 e. The van der Waals surface area contributed by atoms with E-state index in [4.69, 9.17) is 17.2 Å². The van der Waals surface area contributed by atoms with E-state index < -0.39 is 0 Å². The number of aryl methyl sites for hydroxylation is 1. The number of benzene rings is 1. The van der Waals surface area contributed by atoms with Gasteiger partial charge in [-0.15, -0.1) is 0 Å². The summed E-state index contributed by atoms with van der Waals surface area (Å²) in [5, 5.41) is 6.99. The van der Waals surface area contributed by atoms with Gasteiger partial charge in [-0.2, -0.15) is 4.98 Å². The van der Waals surface area contributed by atoms with E-state index in [0.717, 1.165) is 18.1 Å². The van der Waals surface area contributed by atoms with E-state index in [2.05, 4.69) is 62.7 Å². The summed E-state index contributed by atoms with van der Waals surface area (Å²) < 4.78 is 0. The van der Waals surface area contributed by atoms with Gasteiger partial charge in [-0.3, -0.25) is 0 Å². The molecule has 0 radical (unpaired) electrons. The first kappa shape index (κ1) is 20.8. The average Bonchev–Trinajstić information content (AvgIpc) is 3.27. The Bertz CT molecular complexity index is 862. The second-order valence-corrected chi connectivity index (χ2v) is 8.81. The molecule has 3 heterocycles. The van der Waals surface area contributed by atoms with Gasteiger partial charge < -0.3 is 20.4 Å². The third-order valence-electron chi connectivity index (χ3n) is 6.02. The Kier molecular flexibility index (Phi) is 6.67. The zero-order valence-electron chi connectivity index (χ0n) is 18.0. The van der Waals surface area contributed by atoms with Crippen molar-refractivity contribution >= 4 is 34.8 Å². The molecule has 2 N–H and O–H groups in total. The number of thiocarbonyl (C=S) groups is 1. The summed E-state index contributed by atoms with van der Waals surface area (Å²) in [5.74, 6) is 1.54. The average molecular weight is 425 g/mol. The summed E-state index contributed by atoms with van der Waals surface area (Å²) in [7, 11) is 0. The first-order chi connectivity index (χ1) is 14.6. The van der Waals surface area contributed by atoms with E-state index in [1.165, 1.54) is 56.4 Å². The highest BCUT2D eigenvalue weighted by Crippen LogP contribution is 2.24. The Morgan fingerprint density at radius 3 is 2.53 bits per heavy atom. The zero-order chi connectivity index (χ0) is 20.9. The van der Waals surface area contributed by atoms with Crippen LogP contribution in [0, 0.1) is 6.92 Å². The van der Waals surface area contributed by atoms with Crippen LogP contribution in [0.2, 0.25) is 0 Å². The predicted molar refractivity (Wildman–Crippen MR) is 128 cm³/mol. The number of anilines is 3. The van der Waals surface area contributed by atoms with Crippen LogP contribution in [0.15, 0.2) is 30.3 Å². The highest BCUT2D eigenvalue weighted by molar-refractivity contribution is 7.80. The first-order valence-electron chi connectivity index (χ1n) is 11.1. The fraction of sp³-hybridized carbons (Fsp3) is 0.522. The maximum atomic E-state index is 5.49. The zero-order valence-corrected chi connectivity index (χ0v) is 18.8. The minimum atomic E-state index is 0.509. The number of hydrogen-bond acceptors (Lipinski definition) is 5. The van der Waals surface area contributed by atoms with Crippen molar-refractivity contribution in [3.05, 3.63) is 41.6 Å². The van der Waals surface area contributed by atoms with E-state index in [9.17, 15) is 0 Å². The molecule has 6 nitrogen and oxygen atoms in total. The van der Waals surface area contributed by atoms with Gasteiger partial charge >= 0.3 is 0 Å². The van der Waals surface area contributed by atoms with E-state index in [-0.39, 0.29) is 0 Å². The summed E-state index contributed by atoms with van der Waals surface area (Å²) in [5.41, 5.74) is 3.46.